The van der Waals surface area contributed by atoms with E-state index in [1.807, 2.05) is 18.9 Å². The van der Waals surface area contributed by atoms with Crippen LogP contribution in [0.2, 0.25) is 0 Å². The molecule has 1 fully saturated rings. The minimum absolute atomic E-state index is 0.110. The second-order valence-electron chi connectivity index (χ2n) is 6.06. The van der Waals surface area contributed by atoms with Crippen LogP contribution in [0.5, 0.6) is 0 Å². The van der Waals surface area contributed by atoms with Crippen molar-refractivity contribution in [3.05, 3.63) is 17.8 Å². The lowest BCUT2D eigenvalue weighted by molar-refractivity contribution is -0.133. The van der Waals surface area contributed by atoms with Crippen molar-refractivity contribution in [2.45, 2.75) is 46.2 Å². The van der Waals surface area contributed by atoms with E-state index in [0.29, 0.717) is 12.4 Å². The number of rotatable bonds is 3. The highest BCUT2D eigenvalue weighted by Crippen LogP contribution is 2.31. The number of carbonyl (C=O) groups is 1. The quantitative estimate of drug-likeness (QED) is 0.904. The van der Waals surface area contributed by atoms with E-state index in [-0.39, 0.29) is 17.4 Å². The molecule has 106 valence electrons. The van der Waals surface area contributed by atoms with Gasteiger partial charge in [0, 0.05) is 13.5 Å². The third-order valence-corrected chi connectivity index (χ3v) is 3.79. The molecule has 0 bridgehead atoms. The van der Waals surface area contributed by atoms with Crippen molar-refractivity contribution in [2.75, 3.05) is 13.6 Å². The van der Waals surface area contributed by atoms with Gasteiger partial charge < -0.3 is 14.6 Å². The fourth-order valence-corrected chi connectivity index (χ4v) is 2.56. The number of likely N-dealkylation sites (tertiary alicyclic amines) is 1. The zero-order chi connectivity index (χ0) is 14.0. The Hall–Kier alpha value is -1.36. The number of oxazole rings is 1. The van der Waals surface area contributed by atoms with Crippen molar-refractivity contribution < 1.29 is 9.21 Å². The molecule has 1 amide bonds. The Kier molecular flexibility index (Phi) is 3.94. The van der Waals surface area contributed by atoms with Crippen LogP contribution in [-0.4, -0.2) is 35.4 Å². The van der Waals surface area contributed by atoms with Gasteiger partial charge in [0.05, 0.1) is 18.8 Å². The van der Waals surface area contributed by atoms with Crippen LogP contribution in [0.1, 0.15) is 38.3 Å². The fraction of sp³-hybridized carbons (Fsp3) is 0.714. The number of carbonyl (C=O) groups excluding carboxylic acids is 1. The van der Waals surface area contributed by atoms with E-state index in [2.05, 4.69) is 24.1 Å². The predicted octanol–water partition coefficient (Wildman–Crippen LogP) is 1.72. The molecule has 0 saturated carbocycles. The van der Waals surface area contributed by atoms with Gasteiger partial charge in [-0.05, 0) is 25.3 Å². The molecule has 1 aliphatic rings. The molecule has 5 heteroatoms. The number of amides is 1. The summed E-state index contributed by atoms with van der Waals surface area (Å²) in [7, 11) is 1.85. The number of aryl methyl sites for hydroxylation is 1. The molecule has 5 nitrogen and oxygen atoms in total. The average molecular weight is 265 g/mol. The van der Waals surface area contributed by atoms with Crippen LogP contribution in [0.3, 0.4) is 0 Å². The molecule has 0 spiro atoms. The Morgan fingerprint density at radius 2 is 2.32 bits per heavy atom. The van der Waals surface area contributed by atoms with Crippen LogP contribution >= 0.6 is 0 Å². The molecule has 1 aromatic rings. The van der Waals surface area contributed by atoms with Crippen LogP contribution in [0.15, 0.2) is 10.6 Å². The maximum Gasteiger partial charge on any atom is 0.240 e. The number of hydrogen-bond donors (Lipinski definition) is 1. The van der Waals surface area contributed by atoms with Gasteiger partial charge in [-0.1, -0.05) is 13.8 Å². The summed E-state index contributed by atoms with van der Waals surface area (Å²) in [5, 5.41) is 3.13. The van der Waals surface area contributed by atoms with Crippen molar-refractivity contribution >= 4 is 5.91 Å². The lowest BCUT2D eigenvalue weighted by atomic mass is 9.83. The zero-order valence-corrected chi connectivity index (χ0v) is 12.2. The summed E-state index contributed by atoms with van der Waals surface area (Å²) >= 11 is 0. The molecule has 1 aromatic heterocycles. The van der Waals surface area contributed by atoms with Gasteiger partial charge in [-0.3, -0.25) is 4.79 Å². The Labute approximate surface area is 114 Å². The van der Waals surface area contributed by atoms with Crippen LogP contribution < -0.4 is 5.32 Å². The summed E-state index contributed by atoms with van der Waals surface area (Å²) in [5.41, 5.74) is 0.176. The minimum Gasteiger partial charge on any atom is -0.444 e. The first-order valence-electron chi connectivity index (χ1n) is 6.79. The van der Waals surface area contributed by atoms with E-state index < -0.39 is 0 Å². The SMILES string of the molecule is CNC1CC(C)(C)CCN(Cc2cnc(C)o2)C1=O. The summed E-state index contributed by atoms with van der Waals surface area (Å²) in [6.45, 7) is 7.52. The first-order valence-corrected chi connectivity index (χ1v) is 6.79. The maximum atomic E-state index is 12.5. The summed E-state index contributed by atoms with van der Waals surface area (Å²) in [6.07, 6.45) is 3.57. The molecule has 1 atom stereocenters. The lowest BCUT2D eigenvalue weighted by Crippen LogP contribution is -2.44. The van der Waals surface area contributed by atoms with Gasteiger partial charge >= 0.3 is 0 Å². The topological polar surface area (TPSA) is 58.4 Å². The highest BCUT2D eigenvalue weighted by molar-refractivity contribution is 5.82. The molecule has 2 heterocycles. The van der Waals surface area contributed by atoms with Crippen molar-refractivity contribution in [1.82, 2.24) is 15.2 Å². The smallest absolute Gasteiger partial charge is 0.240 e. The number of aromatic nitrogens is 1. The minimum atomic E-state index is -0.110. The zero-order valence-electron chi connectivity index (χ0n) is 12.2. The molecular weight excluding hydrogens is 242 g/mol. The lowest BCUT2D eigenvalue weighted by Gasteiger charge is -2.24. The monoisotopic (exact) mass is 265 g/mol. The Morgan fingerprint density at radius 3 is 2.89 bits per heavy atom. The van der Waals surface area contributed by atoms with Crippen LogP contribution in [0, 0.1) is 12.3 Å². The molecule has 2 rings (SSSR count). The molecule has 1 saturated heterocycles. The molecule has 1 aliphatic heterocycles. The number of nitrogens with one attached hydrogen (secondary N) is 1. The number of nitrogens with zero attached hydrogens (tertiary/aromatic N) is 2. The maximum absolute atomic E-state index is 12.5. The number of hydrogen-bond acceptors (Lipinski definition) is 4. The third kappa shape index (κ3) is 3.35. The Morgan fingerprint density at radius 1 is 1.58 bits per heavy atom. The van der Waals surface area contributed by atoms with Crippen LogP contribution in [-0.2, 0) is 11.3 Å². The van der Waals surface area contributed by atoms with Gasteiger partial charge in [-0.25, -0.2) is 4.98 Å². The number of likely N-dealkylation sites (N-methyl/N-ethyl adjacent to an activating group) is 1. The van der Waals surface area contributed by atoms with Crippen LogP contribution in [0.4, 0.5) is 0 Å². The molecule has 0 radical (unpaired) electrons. The van der Waals surface area contributed by atoms with E-state index in [9.17, 15) is 4.79 Å². The van der Waals surface area contributed by atoms with E-state index in [0.717, 1.165) is 25.1 Å². The molecule has 1 unspecified atom stereocenters. The normalized spacial score (nSPS) is 23.5. The second kappa shape index (κ2) is 5.33. The molecule has 19 heavy (non-hydrogen) atoms. The predicted molar refractivity (Wildman–Crippen MR) is 72.5 cm³/mol. The highest BCUT2D eigenvalue weighted by atomic mass is 16.4. The van der Waals surface area contributed by atoms with Crippen molar-refractivity contribution in [1.29, 1.82) is 0 Å². The van der Waals surface area contributed by atoms with Crippen LogP contribution in [0.25, 0.3) is 0 Å². The van der Waals surface area contributed by atoms with Gasteiger partial charge in [0.1, 0.15) is 5.76 Å². The third-order valence-electron chi connectivity index (χ3n) is 3.79. The van der Waals surface area contributed by atoms with Gasteiger partial charge in [-0.15, -0.1) is 0 Å². The van der Waals surface area contributed by atoms with Gasteiger partial charge in [0.15, 0.2) is 5.89 Å². The largest absolute Gasteiger partial charge is 0.444 e. The van der Waals surface area contributed by atoms with E-state index in [4.69, 9.17) is 4.42 Å². The highest BCUT2D eigenvalue weighted by Gasteiger charge is 2.34. The van der Waals surface area contributed by atoms with E-state index in [1.54, 1.807) is 6.20 Å². The second-order valence-corrected chi connectivity index (χ2v) is 6.06. The summed E-state index contributed by atoms with van der Waals surface area (Å²) in [4.78, 5) is 18.4. The first kappa shape index (κ1) is 14.1. The molecular formula is C14H23N3O2. The average Bonchev–Trinajstić information content (AvgIpc) is 2.71. The Balaban J connectivity index is 2.13. The van der Waals surface area contributed by atoms with Gasteiger partial charge in [0.25, 0.3) is 0 Å². The summed E-state index contributed by atoms with van der Waals surface area (Å²) in [6, 6.07) is -0.110. The van der Waals surface area contributed by atoms with Gasteiger partial charge in [-0.2, -0.15) is 0 Å². The molecule has 0 aliphatic carbocycles. The summed E-state index contributed by atoms with van der Waals surface area (Å²) in [5.74, 6) is 1.55. The standard InChI is InChI=1S/C14H23N3O2/c1-10-16-8-11(19-10)9-17-6-5-14(2,3)7-12(15-4)13(17)18/h8,12,15H,5-7,9H2,1-4H3. The van der Waals surface area contributed by atoms with Gasteiger partial charge in [0.2, 0.25) is 5.91 Å². The fourth-order valence-electron chi connectivity index (χ4n) is 2.56. The first-order chi connectivity index (χ1) is 8.91. The van der Waals surface area contributed by atoms with E-state index in [1.165, 1.54) is 0 Å². The Bertz CT molecular complexity index is 453. The van der Waals surface area contributed by atoms with Crippen molar-refractivity contribution in [3.8, 4) is 0 Å². The molecule has 0 aromatic carbocycles. The molecule has 1 N–H and O–H groups in total. The van der Waals surface area contributed by atoms with Crippen molar-refractivity contribution in [3.63, 3.8) is 0 Å². The van der Waals surface area contributed by atoms with E-state index >= 15 is 0 Å². The van der Waals surface area contributed by atoms with Crippen molar-refractivity contribution in [2.24, 2.45) is 5.41 Å². The summed E-state index contributed by atoms with van der Waals surface area (Å²) < 4.78 is 5.47.